The third-order valence-corrected chi connectivity index (χ3v) is 6.36. The Morgan fingerprint density at radius 3 is 2.56 bits per heavy atom. The summed E-state index contributed by atoms with van der Waals surface area (Å²) in [6.45, 7) is 2.51. The number of nitrogens with one attached hydrogen (secondary N) is 2. The van der Waals surface area contributed by atoms with Crippen molar-refractivity contribution in [3.05, 3.63) is 52.8 Å². The van der Waals surface area contributed by atoms with Gasteiger partial charge in [-0.05, 0) is 69.2 Å². The van der Waals surface area contributed by atoms with Gasteiger partial charge in [0.05, 0.1) is 11.3 Å². The van der Waals surface area contributed by atoms with Crippen molar-refractivity contribution in [2.24, 2.45) is 0 Å². The van der Waals surface area contributed by atoms with E-state index < -0.39 is 11.9 Å². The average molecular weight is 447 g/mol. The number of aromatic nitrogens is 1. The van der Waals surface area contributed by atoms with E-state index in [9.17, 15) is 18.0 Å². The summed E-state index contributed by atoms with van der Waals surface area (Å²) >= 11 is 0. The molecule has 2 heterocycles. The number of benzene rings is 1. The highest BCUT2D eigenvalue weighted by molar-refractivity contribution is 6.00. The molecule has 1 aliphatic heterocycles. The second kappa shape index (κ2) is 9.00. The first-order valence-corrected chi connectivity index (χ1v) is 11.2. The minimum Gasteiger partial charge on any atom is -0.382 e. The number of hydrogen-bond acceptors (Lipinski definition) is 4. The van der Waals surface area contributed by atoms with Crippen LogP contribution in [-0.2, 0) is 12.6 Å². The zero-order valence-electron chi connectivity index (χ0n) is 18.4. The van der Waals surface area contributed by atoms with Crippen molar-refractivity contribution in [2.45, 2.75) is 63.7 Å². The van der Waals surface area contributed by atoms with Gasteiger partial charge in [0.25, 0.3) is 5.91 Å². The Morgan fingerprint density at radius 1 is 1.12 bits per heavy atom. The summed E-state index contributed by atoms with van der Waals surface area (Å²) in [5, 5.41) is 6.40. The smallest absolute Gasteiger partial charge is 0.382 e. The van der Waals surface area contributed by atoms with Crippen LogP contribution in [0.15, 0.2) is 30.3 Å². The molecule has 0 unspecified atom stereocenters. The van der Waals surface area contributed by atoms with Gasteiger partial charge in [-0.3, -0.25) is 4.79 Å². The van der Waals surface area contributed by atoms with Crippen molar-refractivity contribution in [3.63, 3.8) is 0 Å². The highest BCUT2D eigenvalue weighted by Gasteiger charge is 2.33. The maximum absolute atomic E-state index is 13.0. The molecule has 1 amide bonds. The number of carbonyl (C=O) groups is 1. The lowest BCUT2D eigenvalue weighted by atomic mass is 9.90. The van der Waals surface area contributed by atoms with Crippen LogP contribution in [0.25, 0.3) is 0 Å². The summed E-state index contributed by atoms with van der Waals surface area (Å²) in [4.78, 5) is 18.7. The van der Waals surface area contributed by atoms with Gasteiger partial charge in [0.1, 0.15) is 5.69 Å². The minimum atomic E-state index is -4.46. The fraction of sp³-hybridized carbons (Fsp3) is 0.500. The van der Waals surface area contributed by atoms with Gasteiger partial charge in [0, 0.05) is 37.1 Å². The van der Waals surface area contributed by atoms with Crippen LogP contribution in [0.2, 0.25) is 0 Å². The number of aryl methyl sites for hydroxylation is 2. The predicted octanol–water partition coefficient (Wildman–Crippen LogP) is 4.94. The van der Waals surface area contributed by atoms with E-state index in [0.29, 0.717) is 11.4 Å². The lowest BCUT2D eigenvalue weighted by molar-refractivity contribution is -0.141. The third kappa shape index (κ3) is 5.00. The van der Waals surface area contributed by atoms with E-state index in [2.05, 4.69) is 26.6 Å². The van der Waals surface area contributed by atoms with Crippen LogP contribution in [0.4, 0.5) is 24.5 Å². The molecule has 32 heavy (non-hydrogen) atoms. The van der Waals surface area contributed by atoms with Crippen LogP contribution in [-0.4, -0.2) is 36.6 Å². The van der Waals surface area contributed by atoms with Crippen LogP contribution in [0.1, 0.15) is 59.4 Å². The molecule has 0 atom stereocenters. The summed E-state index contributed by atoms with van der Waals surface area (Å²) in [6, 6.07) is 8.75. The molecule has 0 radical (unpaired) electrons. The number of amides is 1. The van der Waals surface area contributed by atoms with Crippen molar-refractivity contribution in [2.75, 3.05) is 23.8 Å². The van der Waals surface area contributed by atoms with Gasteiger partial charge in [-0.15, -0.1) is 0 Å². The molecule has 1 aromatic heterocycles. The van der Waals surface area contributed by atoms with Crippen LogP contribution in [0.3, 0.4) is 0 Å². The van der Waals surface area contributed by atoms with E-state index in [-0.39, 0.29) is 18.0 Å². The molecular formula is C24H29F3N4O. The van der Waals surface area contributed by atoms with Crippen LogP contribution < -0.4 is 15.5 Å². The Balaban J connectivity index is 1.35. The molecule has 2 aliphatic rings. The summed E-state index contributed by atoms with van der Waals surface area (Å²) < 4.78 is 39.1. The number of rotatable bonds is 4. The van der Waals surface area contributed by atoms with Gasteiger partial charge in [-0.2, -0.15) is 13.2 Å². The number of fused-ring (bicyclic) bond motifs is 1. The maximum Gasteiger partial charge on any atom is 0.433 e. The highest BCUT2D eigenvalue weighted by Crippen LogP contribution is 2.32. The number of halogens is 3. The van der Waals surface area contributed by atoms with E-state index in [4.69, 9.17) is 0 Å². The summed E-state index contributed by atoms with van der Waals surface area (Å²) in [5.41, 5.74) is 2.86. The second-order valence-electron chi connectivity index (χ2n) is 8.88. The molecule has 0 bridgehead atoms. The molecule has 0 saturated heterocycles. The quantitative estimate of drug-likeness (QED) is 0.698. The minimum absolute atomic E-state index is 0.0495. The number of anilines is 2. The fourth-order valence-electron chi connectivity index (χ4n) is 4.82. The number of carbonyl (C=O) groups excluding carboxylic acids is 1. The lowest BCUT2D eigenvalue weighted by Gasteiger charge is -2.32. The van der Waals surface area contributed by atoms with E-state index in [1.54, 1.807) is 13.0 Å². The van der Waals surface area contributed by atoms with Gasteiger partial charge in [-0.1, -0.05) is 12.1 Å². The van der Waals surface area contributed by atoms with Crippen molar-refractivity contribution < 1.29 is 18.0 Å². The Bertz CT molecular complexity index is 984. The summed E-state index contributed by atoms with van der Waals surface area (Å²) in [6.07, 6.45) is 0.736. The fourth-order valence-corrected chi connectivity index (χ4v) is 4.82. The second-order valence-corrected chi connectivity index (χ2v) is 8.88. The topological polar surface area (TPSA) is 57.3 Å². The average Bonchev–Trinajstić information content (AvgIpc) is 2.74. The zero-order valence-corrected chi connectivity index (χ0v) is 18.4. The standard InChI is InChI=1S/C24H29F3N4O/c1-15-13-19(14-21(28-15)24(25,26)27)29-17-8-10-18(11-9-17)30-23(32)20-7-3-5-16-6-4-12-31(2)22(16)20/h3,5,7,13-14,17-18H,4,6,8-12H2,1-2H3,(H,28,29)(H,30,32)/t17-,18+. The Morgan fingerprint density at radius 2 is 1.84 bits per heavy atom. The number of hydrogen-bond donors (Lipinski definition) is 2. The number of alkyl halides is 3. The summed E-state index contributed by atoms with van der Waals surface area (Å²) in [5.74, 6) is -0.0495. The first-order chi connectivity index (χ1) is 15.2. The normalized spacial score (nSPS) is 21.1. The van der Waals surface area contributed by atoms with Crippen LogP contribution in [0.5, 0.6) is 0 Å². The van der Waals surface area contributed by atoms with Gasteiger partial charge in [0.2, 0.25) is 0 Å². The molecule has 1 aliphatic carbocycles. The van der Waals surface area contributed by atoms with Gasteiger partial charge in [-0.25, -0.2) is 4.98 Å². The predicted molar refractivity (Wildman–Crippen MR) is 119 cm³/mol. The third-order valence-electron chi connectivity index (χ3n) is 6.36. The molecule has 0 spiro atoms. The Hall–Kier alpha value is -2.77. The van der Waals surface area contributed by atoms with Crippen molar-refractivity contribution in [1.82, 2.24) is 10.3 Å². The van der Waals surface area contributed by atoms with E-state index >= 15 is 0 Å². The Labute approximate surface area is 186 Å². The molecule has 2 N–H and O–H groups in total. The number of pyridine rings is 1. The first-order valence-electron chi connectivity index (χ1n) is 11.2. The molecule has 1 aromatic carbocycles. The van der Waals surface area contributed by atoms with Crippen LogP contribution >= 0.6 is 0 Å². The lowest BCUT2D eigenvalue weighted by Crippen LogP contribution is -2.41. The molecule has 1 fully saturated rings. The molecular weight excluding hydrogens is 417 g/mol. The number of nitrogens with zero attached hydrogens (tertiary/aromatic N) is 2. The van der Waals surface area contributed by atoms with E-state index in [1.807, 2.05) is 19.2 Å². The molecule has 5 nitrogen and oxygen atoms in total. The van der Waals surface area contributed by atoms with Crippen LogP contribution in [0, 0.1) is 6.92 Å². The maximum atomic E-state index is 13.0. The molecule has 1 saturated carbocycles. The van der Waals surface area contributed by atoms with E-state index in [1.165, 1.54) is 5.56 Å². The molecule has 172 valence electrons. The largest absolute Gasteiger partial charge is 0.433 e. The molecule has 4 rings (SSSR count). The summed E-state index contributed by atoms with van der Waals surface area (Å²) in [7, 11) is 2.02. The van der Waals surface area contributed by atoms with Gasteiger partial charge < -0.3 is 15.5 Å². The van der Waals surface area contributed by atoms with Gasteiger partial charge >= 0.3 is 6.18 Å². The van der Waals surface area contributed by atoms with Gasteiger partial charge in [0.15, 0.2) is 0 Å². The monoisotopic (exact) mass is 446 g/mol. The molecule has 2 aromatic rings. The Kier molecular flexibility index (Phi) is 6.31. The first kappa shape index (κ1) is 22.4. The van der Waals surface area contributed by atoms with E-state index in [0.717, 1.165) is 62.4 Å². The number of para-hydroxylation sites is 1. The highest BCUT2D eigenvalue weighted by atomic mass is 19.4. The molecule has 8 heteroatoms. The van der Waals surface area contributed by atoms with Crippen molar-refractivity contribution >= 4 is 17.3 Å². The zero-order chi connectivity index (χ0) is 22.9. The van der Waals surface area contributed by atoms with Crippen molar-refractivity contribution in [1.29, 1.82) is 0 Å². The van der Waals surface area contributed by atoms with Crippen molar-refractivity contribution in [3.8, 4) is 0 Å². The SMILES string of the molecule is Cc1cc(N[C@H]2CC[C@@H](NC(=O)c3cccc4c3N(C)CCC4)CC2)cc(C(F)(F)F)n1.